The highest BCUT2D eigenvalue weighted by Gasteiger charge is 2.26. The lowest BCUT2D eigenvalue weighted by molar-refractivity contribution is -0.0522. The Morgan fingerprint density at radius 3 is 2.59 bits per heavy atom. The van der Waals surface area contributed by atoms with E-state index in [0.717, 1.165) is 12.1 Å². The van der Waals surface area contributed by atoms with E-state index in [1.54, 1.807) is 0 Å². The Morgan fingerprint density at radius 2 is 1.95 bits per heavy atom. The molecule has 1 aromatic rings. The Kier molecular flexibility index (Phi) is 6.92. The van der Waals surface area contributed by atoms with Crippen molar-refractivity contribution in [2.45, 2.75) is 17.9 Å². The van der Waals surface area contributed by atoms with Gasteiger partial charge in [-0.05, 0) is 31.2 Å². The number of halogens is 4. The molecule has 0 saturated carbocycles. The topological polar surface area (TPSA) is 58.6 Å². The van der Waals surface area contributed by atoms with E-state index in [4.69, 9.17) is 0 Å². The number of alkyl halides is 2. The third kappa shape index (κ3) is 4.48. The van der Waals surface area contributed by atoms with Crippen molar-refractivity contribution in [2.24, 2.45) is 0 Å². The first-order chi connectivity index (χ1) is 9.91. The molecule has 2 rings (SSSR count). The maximum Gasteiger partial charge on any atom is 0.387 e. The molecular weight excluding hydrogens is 345 g/mol. The summed E-state index contributed by atoms with van der Waals surface area (Å²) in [4.78, 5) is -0.275. The van der Waals surface area contributed by atoms with Crippen molar-refractivity contribution in [1.29, 1.82) is 0 Å². The first-order valence-corrected chi connectivity index (χ1v) is 7.80. The first kappa shape index (κ1) is 19.0. The molecule has 1 saturated heterocycles. The number of hydrogen-bond acceptors (Lipinski definition) is 4. The summed E-state index contributed by atoms with van der Waals surface area (Å²) in [6.07, 6.45) is 0.647. The van der Waals surface area contributed by atoms with Gasteiger partial charge in [0.2, 0.25) is 10.0 Å². The molecule has 1 fully saturated rings. The van der Waals surface area contributed by atoms with Crippen LogP contribution in [-0.4, -0.2) is 45.5 Å². The van der Waals surface area contributed by atoms with Gasteiger partial charge in [-0.25, -0.2) is 12.8 Å². The number of sulfonamides is 1. The molecule has 0 spiro atoms. The van der Waals surface area contributed by atoms with Gasteiger partial charge in [-0.1, -0.05) is 0 Å². The summed E-state index contributed by atoms with van der Waals surface area (Å²) in [5.74, 6) is -1.81. The molecule has 0 amide bonds. The maximum atomic E-state index is 13.6. The molecular formula is C12H16ClF3N2O3S. The van der Waals surface area contributed by atoms with E-state index in [1.165, 1.54) is 4.31 Å². The number of benzene rings is 1. The normalized spacial score (nSPS) is 16.9. The van der Waals surface area contributed by atoms with Gasteiger partial charge in [0.1, 0.15) is 0 Å². The average molecular weight is 361 g/mol. The number of ether oxygens (including phenoxy) is 1. The second-order valence-corrected chi connectivity index (χ2v) is 6.42. The van der Waals surface area contributed by atoms with Crippen LogP contribution >= 0.6 is 12.4 Å². The van der Waals surface area contributed by atoms with Crippen LogP contribution < -0.4 is 10.1 Å². The van der Waals surface area contributed by atoms with Crippen LogP contribution in [0.5, 0.6) is 5.75 Å². The van der Waals surface area contributed by atoms with Crippen molar-refractivity contribution < 1.29 is 26.3 Å². The summed E-state index contributed by atoms with van der Waals surface area (Å²) in [7, 11) is -3.84. The summed E-state index contributed by atoms with van der Waals surface area (Å²) in [6.45, 7) is -1.35. The minimum atomic E-state index is -3.84. The van der Waals surface area contributed by atoms with E-state index >= 15 is 0 Å². The van der Waals surface area contributed by atoms with Gasteiger partial charge >= 0.3 is 6.61 Å². The van der Waals surface area contributed by atoms with E-state index in [0.29, 0.717) is 32.1 Å². The van der Waals surface area contributed by atoms with E-state index in [-0.39, 0.29) is 23.8 Å². The number of hydrogen-bond donors (Lipinski definition) is 1. The van der Waals surface area contributed by atoms with Crippen LogP contribution in [-0.2, 0) is 10.0 Å². The molecule has 0 radical (unpaired) electrons. The highest BCUT2D eigenvalue weighted by atomic mass is 35.5. The van der Waals surface area contributed by atoms with E-state index in [2.05, 4.69) is 10.1 Å². The minimum absolute atomic E-state index is 0. The Morgan fingerprint density at radius 1 is 1.23 bits per heavy atom. The van der Waals surface area contributed by atoms with Crippen LogP contribution in [0.1, 0.15) is 6.42 Å². The van der Waals surface area contributed by atoms with Gasteiger partial charge in [-0.15, -0.1) is 12.4 Å². The first-order valence-electron chi connectivity index (χ1n) is 6.36. The molecule has 0 aromatic heterocycles. The van der Waals surface area contributed by atoms with Crippen LogP contribution in [0, 0.1) is 5.82 Å². The predicted molar refractivity (Wildman–Crippen MR) is 76.5 cm³/mol. The van der Waals surface area contributed by atoms with Crippen LogP contribution in [0.3, 0.4) is 0 Å². The van der Waals surface area contributed by atoms with Crippen molar-refractivity contribution in [3.8, 4) is 5.75 Å². The summed E-state index contributed by atoms with van der Waals surface area (Å²) in [5.41, 5.74) is 0. The molecule has 1 heterocycles. The van der Waals surface area contributed by atoms with Crippen molar-refractivity contribution in [3.05, 3.63) is 24.0 Å². The smallest absolute Gasteiger partial charge is 0.387 e. The predicted octanol–water partition coefficient (Wildman–Crippen LogP) is 1.83. The van der Waals surface area contributed by atoms with Crippen LogP contribution in [0.25, 0.3) is 0 Å². The Hall–Kier alpha value is -1.03. The molecule has 1 aliphatic rings. The van der Waals surface area contributed by atoms with E-state index < -0.39 is 28.2 Å². The molecule has 0 aliphatic carbocycles. The molecule has 0 unspecified atom stereocenters. The summed E-state index contributed by atoms with van der Waals surface area (Å²) < 4.78 is 67.7. The third-order valence-corrected chi connectivity index (χ3v) is 4.95. The van der Waals surface area contributed by atoms with Crippen molar-refractivity contribution in [2.75, 3.05) is 26.2 Å². The quantitative estimate of drug-likeness (QED) is 0.890. The van der Waals surface area contributed by atoms with Gasteiger partial charge in [0.05, 0.1) is 4.90 Å². The molecule has 1 N–H and O–H groups in total. The molecule has 5 nitrogen and oxygen atoms in total. The molecule has 10 heteroatoms. The minimum Gasteiger partial charge on any atom is -0.432 e. The Balaban J connectivity index is 0.00000242. The molecule has 126 valence electrons. The monoisotopic (exact) mass is 360 g/mol. The lowest BCUT2D eigenvalue weighted by Crippen LogP contribution is -2.34. The summed E-state index contributed by atoms with van der Waals surface area (Å²) in [5, 5.41) is 3.06. The van der Waals surface area contributed by atoms with Crippen LogP contribution in [0.15, 0.2) is 23.1 Å². The van der Waals surface area contributed by atoms with Crippen molar-refractivity contribution in [1.82, 2.24) is 9.62 Å². The van der Waals surface area contributed by atoms with E-state index in [9.17, 15) is 21.6 Å². The van der Waals surface area contributed by atoms with Gasteiger partial charge in [-0.2, -0.15) is 13.1 Å². The van der Waals surface area contributed by atoms with Crippen LogP contribution in [0.4, 0.5) is 13.2 Å². The number of rotatable bonds is 4. The largest absolute Gasteiger partial charge is 0.432 e. The zero-order valence-corrected chi connectivity index (χ0v) is 13.1. The molecule has 0 bridgehead atoms. The van der Waals surface area contributed by atoms with Crippen molar-refractivity contribution >= 4 is 22.4 Å². The average Bonchev–Trinajstić information content (AvgIpc) is 2.69. The lowest BCUT2D eigenvalue weighted by atomic mass is 10.3. The summed E-state index contributed by atoms with van der Waals surface area (Å²) in [6, 6.07) is 2.66. The molecule has 1 aliphatic heterocycles. The fourth-order valence-corrected chi connectivity index (χ4v) is 3.54. The highest BCUT2D eigenvalue weighted by molar-refractivity contribution is 7.89. The second-order valence-electron chi connectivity index (χ2n) is 4.48. The number of nitrogens with zero attached hydrogens (tertiary/aromatic N) is 1. The van der Waals surface area contributed by atoms with Gasteiger partial charge in [0, 0.05) is 19.6 Å². The summed E-state index contributed by atoms with van der Waals surface area (Å²) >= 11 is 0. The van der Waals surface area contributed by atoms with Gasteiger partial charge in [0.25, 0.3) is 0 Å². The standard InChI is InChI=1S/C12H15F3N2O3S.ClH/c13-10-8-9(2-3-11(10)20-12(14)15)21(18,19)17-6-1-4-16-5-7-17;/h2-3,8,12,16H,1,4-7H2;1H. The highest BCUT2D eigenvalue weighted by Crippen LogP contribution is 2.24. The lowest BCUT2D eigenvalue weighted by Gasteiger charge is -2.19. The Labute approximate surface area is 132 Å². The third-order valence-electron chi connectivity index (χ3n) is 3.06. The number of nitrogens with one attached hydrogen (secondary N) is 1. The molecule has 0 atom stereocenters. The van der Waals surface area contributed by atoms with E-state index in [1.807, 2.05) is 0 Å². The fraction of sp³-hybridized carbons (Fsp3) is 0.500. The molecule has 1 aromatic carbocycles. The van der Waals surface area contributed by atoms with Crippen LogP contribution in [0.2, 0.25) is 0 Å². The van der Waals surface area contributed by atoms with Gasteiger partial charge in [-0.3, -0.25) is 0 Å². The maximum absolute atomic E-state index is 13.6. The van der Waals surface area contributed by atoms with Crippen molar-refractivity contribution in [3.63, 3.8) is 0 Å². The van der Waals surface area contributed by atoms with Gasteiger partial charge in [0.15, 0.2) is 11.6 Å². The SMILES string of the molecule is Cl.O=S(=O)(c1ccc(OC(F)F)c(F)c1)N1CCCNCC1. The molecule has 22 heavy (non-hydrogen) atoms. The van der Waals surface area contributed by atoms with Gasteiger partial charge < -0.3 is 10.1 Å². The second kappa shape index (κ2) is 8.00. The Bertz CT molecular complexity index is 593. The fourth-order valence-electron chi connectivity index (χ4n) is 2.04. The zero-order chi connectivity index (χ0) is 15.5. The zero-order valence-electron chi connectivity index (χ0n) is 11.5.